The molecule has 0 atom stereocenters. The zero-order valence-electron chi connectivity index (χ0n) is 15.3. The van der Waals surface area contributed by atoms with Crippen molar-refractivity contribution in [1.82, 2.24) is 24.4 Å². The third kappa shape index (κ3) is 3.60. The zero-order chi connectivity index (χ0) is 17.9. The van der Waals surface area contributed by atoms with Crippen LogP contribution >= 0.6 is 0 Å². The topological polar surface area (TPSA) is 50.1 Å². The van der Waals surface area contributed by atoms with Gasteiger partial charge < -0.3 is 9.47 Å². The van der Waals surface area contributed by atoms with E-state index < -0.39 is 0 Å². The van der Waals surface area contributed by atoms with Gasteiger partial charge in [0, 0.05) is 69.3 Å². The van der Waals surface area contributed by atoms with Gasteiger partial charge in [-0.1, -0.05) is 12.1 Å². The number of fused-ring (bicyclic) bond motifs is 1. The molecule has 0 radical (unpaired) electrons. The fraction of sp³-hybridized carbons (Fsp3) is 0.350. The highest BCUT2D eigenvalue weighted by molar-refractivity contribution is 5.49. The average Bonchev–Trinajstić information content (AvgIpc) is 2.97. The van der Waals surface area contributed by atoms with Crippen LogP contribution in [0.4, 0.5) is 5.82 Å². The molecule has 6 nitrogen and oxygen atoms in total. The Hall–Kier alpha value is -2.73. The van der Waals surface area contributed by atoms with Crippen LogP contribution in [0.5, 0.6) is 0 Å². The van der Waals surface area contributed by atoms with Gasteiger partial charge in [0.25, 0.3) is 0 Å². The molecule has 134 valence electrons. The normalized spacial score (nSPS) is 14.9. The van der Waals surface area contributed by atoms with E-state index in [9.17, 15) is 0 Å². The first-order valence-electron chi connectivity index (χ1n) is 8.98. The number of pyridine rings is 2. The highest BCUT2D eigenvalue weighted by Crippen LogP contribution is 2.25. The zero-order valence-corrected chi connectivity index (χ0v) is 15.3. The lowest BCUT2D eigenvalue weighted by molar-refractivity contribution is 0.259. The fourth-order valence-electron chi connectivity index (χ4n) is 3.41. The Kier molecular flexibility index (Phi) is 4.67. The first kappa shape index (κ1) is 16.7. The molecule has 0 amide bonds. The minimum absolute atomic E-state index is 0.827. The quantitative estimate of drug-likeness (QED) is 0.725. The van der Waals surface area contributed by atoms with Gasteiger partial charge in [0.05, 0.1) is 6.54 Å². The lowest BCUT2D eigenvalue weighted by Crippen LogP contribution is -2.31. The summed E-state index contributed by atoms with van der Waals surface area (Å²) in [5.74, 6) is 2.18. The van der Waals surface area contributed by atoms with Crippen molar-refractivity contribution in [3.8, 4) is 0 Å². The Bertz CT molecular complexity index is 873. The van der Waals surface area contributed by atoms with Gasteiger partial charge in [-0.2, -0.15) is 0 Å². The summed E-state index contributed by atoms with van der Waals surface area (Å²) in [5.41, 5.74) is 3.53. The maximum atomic E-state index is 4.86. The van der Waals surface area contributed by atoms with Gasteiger partial charge in [0.1, 0.15) is 11.6 Å². The monoisotopic (exact) mass is 348 g/mol. The van der Waals surface area contributed by atoms with Crippen LogP contribution in [0.25, 0.3) is 0 Å². The van der Waals surface area contributed by atoms with Crippen molar-refractivity contribution < 1.29 is 0 Å². The smallest absolute Gasteiger partial charge is 0.133 e. The van der Waals surface area contributed by atoms with Crippen molar-refractivity contribution in [3.05, 3.63) is 71.7 Å². The number of aryl methyl sites for hydroxylation is 2. The van der Waals surface area contributed by atoms with Gasteiger partial charge in [-0.3, -0.25) is 9.88 Å². The van der Waals surface area contributed by atoms with E-state index >= 15 is 0 Å². The molecule has 0 spiro atoms. The number of rotatable bonds is 4. The van der Waals surface area contributed by atoms with E-state index in [4.69, 9.17) is 4.98 Å². The van der Waals surface area contributed by atoms with Gasteiger partial charge >= 0.3 is 0 Å². The molecule has 3 aromatic rings. The van der Waals surface area contributed by atoms with Gasteiger partial charge in [-0.15, -0.1) is 0 Å². The van der Waals surface area contributed by atoms with Gasteiger partial charge in [0.15, 0.2) is 0 Å². The molecule has 4 rings (SSSR count). The average molecular weight is 348 g/mol. The summed E-state index contributed by atoms with van der Waals surface area (Å²) in [7, 11) is 2.05. The second-order valence-electron chi connectivity index (χ2n) is 6.88. The highest BCUT2D eigenvalue weighted by atomic mass is 15.3. The van der Waals surface area contributed by atoms with Crippen molar-refractivity contribution in [3.63, 3.8) is 0 Å². The third-order valence-corrected chi connectivity index (χ3v) is 4.86. The largest absolute Gasteiger partial charge is 0.351 e. The number of imidazole rings is 1. The predicted molar refractivity (Wildman–Crippen MR) is 102 cm³/mol. The van der Waals surface area contributed by atoms with Crippen LogP contribution in [0.3, 0.4) is 0 Å². The van der Waals surface area contributed by atoms with E-state index in [0.29, 0.717) is 0 Å². The van der Waals surface area contributed by atoms with E-state index in [1.54, 1.807) is 0 Å². The second kappa shape index (κ2) is 7.25. The van der Waals surface area contributed by atoms with Gasteiger partial charge in [-0.05, 0) is 24.6 Å². The van der Waals surface area contributed by atoms with Crippen molar-refractivity contribution in [2.24, 2.45) is 7.05 Å². The van der Waals surface area contributed by atoms with Crippen molar-refractivity contribution >= 4 is 5.82 Å². The Labute approximate surface area is 154 Å². The molecule has 0 unspecified atom stereocenters. The summed E-state index contributed by atoms with van der Waals surface area (Å²) in [6, 6.07) is 8.43. The van der Waals surface area contributed by atoms with Crippen LogP contribution in [-0.2, 0) is 26.7 Å². The Balaban J connectivity index is 1.60. The minimum Gasteiger partial charge on any atom is -0.351 e. The van der Waals surface area contributed by atoms with Crippen molar-refractivity contribution in [1.29, 1.82) is 0 Å². The SMILES string of the molecule is Cc1ccc2c(n1)N(Cc1cccnc1)CCN(Cc1nccn1C)C2. The molecular weight excluding hydrogens is 324 g/mol. The van der Waals surface area contributed by atoms with E-state index in [0.717, 1.165) is 50.1 Å². The Morgan fingerprint density at radius 2 is 2.00 bits per heavy atom. The first-order chi connectivity index (χ1) is 12.7. The molecule has 0 saturated carbocycles. The van der Waals surface area contributed by atoms with Gasteiger partial charge in [0.2, 0.25) is 0 Å². The summed E-state index contributed by atoms with van der Waals surface area (Å²) in [6.07, 6.45) is 7.62. The van der Waals surface area contributed by atoms with Crippen LogP contribution in [0, 0.1) is 6.92 Å². The Morgan fingerprint density at radius 1 is 1.08 bits per heavy atom. The third-order valence-electron chi connectivity index (χ3n) is 4.86. The maximum Gasteiger partial charge on any atom is 0.133 e. The minimum atomic E-state index is 0.827. The van der Waals surface area contributed by atoms with E-state index in [2.05, 4.69) is 49.5 Å². The molecule has 1 aliphatic heterocycles. The first-order valence-corrected chi connectivity index (χ1v) is 8.98. The summed E-state index contributed by atoms with van der Waals surface area (Å²) < 4.78 is 2.09. The van der Waals surface area contributed by atoms with Crippen LogP contribution in [0.2, 0.25) is 0 Å². The van der Waals surface area contributed by atoms with Crippen molar-refractivity contribution in [2.45, 2.75) is 26.6 Å². The number of hydrogen-bond donors (Lipinski definition) is 0. The molecule has 4 heterocycles. The van der Waals surface area contributed by atoms with Crippen LogP contribution in [0.1, 0.15) is 22.6 Å². The summed E-state index contributed by atoms with van der Waals surface area (Å²) in [4.78, 5) is 18.4. The molecular formula is C20H24N6. The second-order valence-corrected chi connectivity index (χ2v) is 6.88. The molecule has 0 fully saturated rings. The summed E-state index contributed by atoms with van der Waals surface area (Å²) >= 11 is 0. The molecule has 26 heavy (non-hydrogen) atoms. The highest BCUT2D eigenvalue weighted by Gasteiger charge is 2.22. The fourth-order valence-corrected chi connectivity index (χ4v) is 3.41. The molecule has 0 N–H and O–H groups in total. The number of anilines is 1. The lowest BCUT2D eigenvalue weighted by atomic mass is 10.2. The molecule has 0 bridgehead atoms. The summed E-state index contributed by atoms with van der Waals surface area (Å²) in [5, 5.41) is 0. The van der Waals surface area contributed by atoms with E-state index in [1.165, 1.54) is 11.1 Å². The molecule has 0 saturated heterocycles. The molecule has 0 aromatic carbocycles. The van der Waals surface area contributed by atoms with E-state index in [-0.39, 0.29) is 0 Å². The number of aromatic nitrogens is 4. The molecule has 3 aromatic heterocycles. The van der Waals surface area contributed by atoms with E-state index in [1.807, 2.05) is 37.9 Å². The van der Waals surface area contributed by atoms with Gasteiger partial charge in [-0.25, -0.2) is 9.97 Å². The number of hydrogen-bond acceptors (Lipinski definition) is 5. The molecule has 0 aliphatic carbocycles. The Morgan fingerprint density at radius 3 is 2.77 bits per heavy atom. The van der Waals surface area contributed by atoms with Crippen LogP contribution in [-0.4, -0.2) is 37.5 Å². The maximum absolute atomic E-state index is 4.86. The van der Waals surface area contributed by atoms with Crippen LogP contribution in [0.15, 0.2) is 49.1 Å². The number of nitrogens with zero attached hydrogens (tertiary/aromatic N) is 6. The molecule has 6 heteroatoms. The van der Waals surface area contributed by atoms with Crippen LogP contribution < -0.4 is 4.90 Å². The standard InChI is InChI=1S/C20H24N6/c1-16-5-6-18-14-25(15-19-22-8-9-24(19)2)10-11-26(20(18)23-16)13-17-4-3-7-21-12-17/h3-9,12H,10-11,13-15H2,1-2H3. The predicted octanol–water partition coefficient (Wildman–Crippen LogP) is 2.54. The summed E-state index contributed by atoms with van der Waals surface area (Å²) in [6.45, 7) is 6.52. The lowest BCUT2D eigenvalue weighted by Gasteiger charge is -2.24. The molecule has 1 aliphatic rings. The van der Waals surface area contributed by atoms with Crippen molar-refractivity contribution in [2.75, 3.05) is 18.0 Å².